The monoisotopic (exact) mass is 288 g/mol. The van der Waals surface area contributed by atoms with E-state index in [0.717, 1.165) is 12.1 Å². The average Bonchev–Trinajstić information content (AvgIpc) is 2.91. The summed E-state index contributed by atoms with van der Waals surface area (Å²) in [6.07, 6.45) is 4.77. The van der Waals surface area contributed by atoms with Gasteiger partial charge in [0.1, 0.15) is 12.1 Å². The summed E-state index contributed by atoms with van der Waals surface area (Å²) in [4.78, 5) is 19.7. The highest BCUT2D eigenvalue weighted by atomic mass is 16.1. The molecule has 7 nitrogen and oxygen atoms in total. The summed E-state index contributed by atoms with van der Waals surface area (Å²) < 4.78 is 1.70. The molecule has 0 atom stereocenters. The van der Waals surface area contributed by atoms with Gasteiger partial charge in [0, 0.05) is 31.8 Å². The van der Waals surface area contributed by atoms with Crippen LogP contribution in [0.4, 0.5) is 5.82 Å². The molecule has 2 aromatic heterocycles. The van der Waals surface area contributed by atoms with E-state index in [2.05, 4.69) is 25.7 Å². The molecule has 7 heteroatoms. The van der Waals surface area contributed by atoms with Crippen LogP contribution in [0.2, 0.25) is 0 Å². The standard InChI is InChI=1S/C14H20N6O/c1-3-4-14(21)16-7-6-15-12-9-13(18-10-17-12)20-8-5-11(2)19-20/h5,8-10H,3-4,6-7H2,1-2H3,(H,16,21)(H,15,17,18). The molecule has 21 heavy (non-hydrogen) atoms. The number of aryl methyl sites for hydroxylation is 1. The molecule has 0 unspecified atom stereocenters. The van der Waals surface area contributed by atoms with Crippen LogP contribution in [0, 0.1) is 6.92 Å². The van der Waals surface area contributed by atoms with Gasteiger partial charge in [-0.2, -0.15) is 5.10 Å². The maximum absolute atomic E-state index is 11.3. The van der Waals surface area contributed by atoms with Crippen LogP contribution in [0.25, 0.3) is 5.82 Å². The quantitative estimate of drug-likeness (QED) is 0.750. The van der Waals surface area contributed by atoms with Gasteiger partial charge in [-0.05, 0) is 19.4 Å². The summed E-state index contributed by atoms with van der Waals surface area (Å²) in [6.45, 7) is 5.09. The molecule has 2 heterocycles. The summed E-state index contributed by atoms with van der Waals surface area (Å²) in [5.74, 6) is 1.49. The van der Waals surface area contributed by atoms with Gasteiger partial charge in [0.15, 0.2) is 5.82 Å². The molecule has 2 aromatic rings. The lowest BCUT2D eigenvalue weighted by molar-refractivity contribution is -0.121. The molecular formula is C14H20N6O. The Labute approximate surface area is 123 Å². The fourth-order valence-corrected chi connectivity index (χ4v) is 1.82. The first-order valence-electron chi connectivity index (χ1n) is 7.04. The summed E-state index contributed by atoms with van der Waals surface area (Å²) in [5, 5.41) is 10.3. The van der Waals surface area contributed by atoms with Crippen molar-refractivity contribution in [2.24, 2.45) is 0 Å². The number of nitrogens with one attached hydrogen (secondary N) is 2. The summed E-state index contributed by atoms with van der Waals surface area (Å²) >= 11 is 0. The Morgan fingerprint density at radius 2 is 2.19 bits per heavy atom. The highest BCUT2D eigenvalue weighted by molar-refractivity contribution is 5.75. The van der Waals surface area contributed by atoms with Crippen molar-refractivity contribution in [3.05, 3.63) is 30.4 Å². The molecule has 0 saturated carbocycles. The maximum Gasteiger partial charge on any atom is 0.220 e. The number of anilines is 1. The molecule has 112 valence electrons. The predicted molar refractivity (Wildman–Crippen MR) is 80.3 cm³/mol. The van der Waals surface area contributed by atoms with Crippen LogP contribution in [-0.4, -0.2) is 38.7 Å². The van der Waals surface area contributed by atoms with E-state index >= 15 is 0 Å². The number of aromatic nitrogens is 4. The van der Waals surface area contributed by atoms with E-state index < -0.39 is 0 Å². The van der Waals surface area contributed by atoms with Crippen LogP contribution >= 0.6 is 0 Å². The van der Waals surface area contributed by atoms with Gasteiger partial charge in [-0.1, -0.05) is 6.92 Å². The zero-order valence-electron chi connectivity index (χ0n) is 12.3. The summed E-state index contributed by atoms with van der Waals surface area (Å²) in [7, 11) is 0. The van der Waals surface area contributed by atoms with Gasteiger partial charge >= 0.3 is 0 Å². The summed E-state index contributed by atoms with van der Waals surface area (Å²) in [6, 6.07) is 3.73. The van der Waals surface area contributed by atoms with Crippen molar-refractivity contribution >= 4 is 11.7 Å². The van der Waals surface area contributed by atoms with Crippen molar-refractivity contribution in [2.45, 2.75) is 26.7 Å². The number of rotatable bonds is 7. The normalized spacial score (nSPS) is 10.4. The third kappa shape index (κ3) is 4.55. The first kappa shape index (κ1) is 15.0. The highest BCUT2D eigenvalue weighted by Crippen LogP contribution is 2.08. The minimum atomic E-state index is 0.0784. The largest absolute Gasteiger partial charge is 0.368 e. The Morgan fingerprint density at radius 1 is 1.33 bits per heavy atom. The zero-order valence-corrected chi connectivity index (χ0v) is 12.3. The minimum Gasteiger partial charge on any atom is -0.368 e. The zero-order chi connectivity index (χ0) is 15.1. The molecule has 0 saturated heterocycles. The van der Waals surface area contributed by atoms with Crippen molar-refractivity contribution in [2.75, 3.05) is 18.4 Å². The topological polar surface area (TPSA) is 84.7 Å². The fourth-order valence-electron chi connectivity index (χ4n) is 1.82. The molecule has 0 aliphatic rings. The smallest absolute Gasteiger partial charge is 0.220 e. The number of carbonyl (C=O) groups excluding carboxylic acids is 1. The van der Waals surface area contributed by atoms with Crippen molar-refractivity contribution < 1.29 is 4.79 Å². The molecule has 0 aliphatic heterocycles. The van der Waals surface area contributed by atoms with Gasteiger partial charge in [-0.3, -0.25) is 4.79 Å². The molecule has 0 spiro atoms. The van der Waals surface area contributed by atoms with Gasteiger partial charge in [0.05, 0.1) is 5.69 Å². The summed E-state index contributed by atoms with van der Waals surface area (Å²) in [5.41, 5.74) is 0.932. The molecule has 0 aromatic carbocycles. The second kappa shape index (κ2) is 7.37. The Hall–Kier alpha value is -2.44. The molecule has 0 radical (unpaired) electrons. The maximum atomic E-state index is 11.3. The average molecular weight is 288 g/mol. The molecule has 2 N–H and O–H groups in total. The second-order valence-electron chi connectivity index (χ2n) is 4.69. The third-order valence-corrected chi connectivity index (χ3v) is 2.84. The molecular weight excluding hydrogens is 268 g/mol. The van der Waals surface area contributed by atoms with Crippen molar-refractivity contribution in [1.29, 1.82) is 0 Å². The van der Waals surface area contributed by atoms with E-state index in [-0.39, 0.29) is 5.91 Å². The lowest BCUT2D eigenvalue weighted by Crippen LogP contribution is -2.28. The van der Waals surface area contributed by atoms with E-state index in [4.69, 9.17) is 0 Å². The molecule has 1 amide bonds. The second-order valence-corrected chi connectivity index (χ2v) is 4.69. The van der Waals surface area contributed by atoms with Crippen LogP contribution < -0.4 is 10.6 Å². The van der Waals surface area contributed by atoms with Gasteiger partial charge in [0.2, 0.25) is 5.91 Å². The lowest BCUT2D eigenvalue weighted by Gasteiger charge is -2.08. The van der Waals surface area contributed by atoms with Crippen LogP contribution in [0.1, 0.15) is 25.5 Å². The molecule has 2 rings (SSSR count). The first-order valence-corrected chi connectivity index (χ1v) is 7.04. The minimum absolute atomic E-state index is 0.0784. The lowest BCUT2D eigenvalue weighted by atomic mass is 10.3. The number of hydrogen-bond acceptors (Lipinski definition) is 5. The Kier molecular flexibility index (Phi) is 5.25. The van der Waals surface area contributed by atoms with Crippen molar-refractivity contribution in [3.63, 3.8) is 0 Å². The number of carbonyl (C=O) groups is 1. The van der Waals surface area contributed by atoms with E-state index in [1.54, 1.807) is 4.68 Å². The van der Waals surface area contributed by atoms with E-state index in [1.807, 2.05) is 32.2 Å². The SMILES string of the molecule is CCCC(=O)NCCNc1cc(-n2ccc(C)n2)ncn1. The molecule has 0 fully saturated rings. The van der Waals surface area contributed by atoms with Gasteiger partial charge < -0.3 is 10.6 Å². The van der Waals surface area contributed by atoms with Crippen molar-refractivity contribution in [3.8, 4) is 5.82 Å². The third-order valence-electron chi connectivity index (χ3n) is 2.84. The van der Waals surface area contributed by atoms with E-state index in [9.17, 15) is 4.79 Å². The first-order chi connectivity index (χ1) is 10.2. The van der Waals surface area contributed by atoms with Gasteiger partial charge in [0.25, 0.3) is 0 Å². The predicted octanol–water partition coefficient (Wildman–Crippen LogP) is 1.30. The van der Waals surface area contributed by atoms with Crippen LogP contribution in [0.15, 0.2) is 24.7 Å². The van der Waals surface area contributed by atoms with E-state index in [1.165, 1.54) is 6.33 Å². The number of nitrogens with zero attached hydrogens (tertiary/aromatic N) is 4. The highest BCUT2D eigenvalue weighted by Gasteiger charge is 2.02. The molecule has 0 aliphatic carbocycles. The van der Waals surface area contributed by atoms with Gasteiger partial charge in [-0.25, -0.2) is 14.6 Å². The van der Waals surface area contributed by atoms with Crippen LogP contribution in [0.3, 0.4) is 0 Å². The Morgan fingerprint density at radius 3 is 2.90 bits per heavy atom. The number of hydrogen-bond donors (Lipinski definition) is 2. The van der Waals surface area contributed by atoms with Gasteiger partial charge in [-0.15, -0.1) is 0 Å². The van der Waals surface area contributed by atoms with E-state index in [0.29, 0.717) is 31.1 Å². The Balaban J connectivity index is 1.86. The number of amides is 1. The Bertz CT molecular complexity index is 595. The fraction of sp³-hybridized carbons (Fsp3) is 0.429. The van der Waals surface area contributed by atoms with Crippen LogP contribution in [-0.2, 0) is 4.79 Å². The van der Waals surface area contributed by atoms with Crippen LogP contribution in [0.5, 0.6) is 0 Å². The van der Waals surface area contributed by atoms with Crippen molar-refractivity contribution in [1.82, 2.24) is 25.1 Å². The molecule has 0 bridgehead atoms.